The number of hydrogen-bond donors (Lipinski definition) is 2. The van der Waals surface area contributed by atoms with Crippen molar-refractivity contribution >= 4 is 11.8 Å². The van der Waals surface area contributed by atoms with Crippen LogP contribution in [-0.2, 0) is 11.3 Å². The summed E-state index contributed by atoms with van der Waals surface area (Å²) >= 11 is 0. The van der Waals surface area contributed by atoms with Gasteiger partial charge in [0.2, 0.25) is 0 Å². The molecule has 0 bridgehead atoms. The van der Waals surface area contributed by atoms with Crippen LogP contribution in [0.3, 0.4) is 0 Å². The number of para-hydroxylation sites is 1. The molecule has 0 aromatic heterocycles. The Morgan fingerprint density at radius 2 is 2.10 bits per heavy atom. The predicted octanol–water partition coefficient (Wildman–Crippen LogP) is 1.87. The summed E-state index contributed by atoms with van der Waals surface area (Å²) in [6.45, 7) is 2.73. The molecule has 1 aromatic carbocycles. The molecule has 2 aliphatic rings. The van der Waals surface area contributed by atoms with Crippen LogP contribution in [0.4, 0.5) is 10.5 Å². The number of alkyl carbamates (subject to hydrolysis) is 1. The van der Waals surface area contributed by atoms with Gasteiger partial charge in [0.15, 0.2) is 0 Å². The Bertz CT molecular complexity index is 502. The van der Waals surface area contributed by atoms with Gasteiger partial charge in [-0.25, -0.2) is 4.79 Å². The molecule has 1 amide bonds. The van der Waals surface area contributed by atoms with Crippen molar-refractivity contribution in [3.05, 3.63) is 29.8 Å². The number of rotatable bonds is 5. The largest absolute Gasteiger partial charge is 0.453 e. The van der Waals surface area contributed by atoms with Crippen molar-refractivity contribution in [2.24, 2.45) is 0 Å². The third kappa shape index (κ3) is 3.67. The summed E-state index contributed by atoms with van der Waals surface area (Å²) < 4.78 is 4.67. The Labute approximate surface area is 125 Å². The van der Waals surface area contributed by atoms with Crippen molar-refractivity contribution in [3.8, 4) is 0 Å². The van der Waals surface area contributed by atoms with E-state index in [1.54, 1.807) is 0 Å². The summed E-state index contributed by atoms with van der Waals surface area (Å²) in [6, 6.07) is 9.41. The number of carbonyl (C=O) groups excluding carboxylic acids is 1. The second-order valence-electron chi connectivity index (χ2n) is 5.85. The number of amides is 1. The summed E-state index contributed by atoms with van der Waals surface area (Å²) in [6.07, 6.45) is 3.22. The first kappa shape index (κ1) is 14.2. The van der Waals surface area contributed by atoms with E-state index in [4.69, 9.17) is 0 Å². The SMILES string of the molecule is COC(=O)NC1CCN(c2ccccc2CNC2CC2)C1. The highest BCUT2D eigenvalue weighted by atomic mass is 16.5. The van der Waals surface area contributed by atoms with E-state index in [0.29, 0.717) is 6.04 Å². The standard InChI is InChI=1S/C16H23N3O2/c1-21-16(20)18-14-8-9-19(11-14)15-5-3-2-4-12(15)10-17-13-6-7-13/h2-5,13-14,17H,6-11H2,1H3,(H,18,20). The molecule has 3 rings (SSSR count). The van der Waals surface area contributed by atoms with Crippen LogP contribution in [0.2, 0.25) is 0 Å². The van der Waals surface area contributed by atoms with Gasteiger partial charge >= 0.3 is 6.09 Å². The molecule has 0 radical (unpaired) electrons. The van der Waals surface area contributed by atoms with Crippen molar-refractivity contribution < 1.29 is 9.53 Å². The third-order valence-corrected chi connectivity index (χ3v) is 4.19. The Balaban J connectivity index is 1.62. The Kier molecular flexibility index (Phi) is 4.29. The number of nitrogens with one attached hydrogen (secondary N) is 2. The summed E-state index contributed by atoms with van der Waals surface area (Å²) in [4.78, 5) is 13.7. The lowest BCUT2D eigenvalue weighted by atomic mass is 10.1. The van der Waals surface area contributed by atoms with Crippen molar-refractivity contribution in [2.45, 2.75) is 37.9 Å². The number of nitrogens with zero attached hydrogens (tertiary/aromatic N) is 1. The van der Waals surface area contributed by atoms with Crippen LogP contribution in [0.1, 0.15) is 24.8 Å². The van der Waals surface area contributed by atoms with E-state index in [9.17, 15) is 4.79 Å². The fraction of sp³-hybridized carbons (Fsp3) is 0.562. The molecule has 1 saturated carbocycles. The van der Waals surface area contributed by atoms with Gasteiger partial charge in [0.25, 0.3) is 0 Å². The summed E-state index contributed by atoms with van der Waals surface area (Å²) in [7, 11) is 1.40. The quantitative estimate of drug-likeness (QED) is 0.869. The molecular formula is C16H23N3O2. The smallest absolute Gasteiger partial charge is 0.407 e. The lowest BCUT2D eigenvalue weighted by Crippen LogP contribution is -2.37. The fourth-order valence-corrected chi connectivity index (χ4v) is 2.83. The maximum atomic E-state index is 11.3. The summed E-state index contributed by atoms with van der Waals surface area (Å²) in [5.41, 5.74) is 2.61. The summed E-state index contributed by atoms with van der Waals surface area (Å²) in [5.74, 6) is 0. The molecule has 1 atom stereocenters. The normalized spacial score (nSPS) is 21.4. The Hall–Kier alpha value is -1.75. The molecule has 1 unspecified atom stereocenters. The van der Waals surface area contributed by atoms with Crippen LogP contribution in [0, 0.1) is 0 Å². The highest BCUT2D eigenvalue weighted by Gasteiger charge is 2.26. The molecular weight excluding hydrogens is 266 g/mol. The van der Waals surface area contributed by atoms with E-state index < -0.39 is 0 Å². The monoisotopic (exact) mass is 289 g/mol. The van der Waals surface area contributed by atoms with E-state index >= 15 is 0 Å². The first-order valence-corrected chi connectivity index (χ1v) is 7.67. The highest BCUT2D eigenvalue weighted by molar-refractivity contribution is 5.67. The molecule has 0 spiro atoms. The number of ether oxygens (including phenoxy) is 1. The molecule has 21 heavy (non-hydrogen) atoms. The zero-order chi connectivity index (χ0) is 14.7. The van der Waals surface area contributed by atoms with Crippen LogP contribution >= 0.6 is 0 Å². The summed E-state index contributed by atoms with van der Waals surface area (Å²) in [5, 5.41) is 6.46. The topological polar surface area (TPSA) is 53.6 Å². The van der Waals surface area contributed by atoms with Gasteiger partial charge < -0.3 is 20.3 Å². The average molecular weight is 289 g/mol. The Morgan fingerprint density at radius 3 is 2.86 bits per heavy atom. The lowest BCUT2D eigenvalue weighted by molar-refractivity contribution is 0.167. The number of carbonyl (C=O) groups is 1. The van der Waals surface area contributed by atoms with Crippen LogP contribution < -0.4 is 15.5 Å². The van der Waals surface area contributed by atoms with E-state index in [1.165, 1.54) is 31.2 Å². The molecule has 1 aliphatic heterocycles. The van der Waals surface area contributed by atoms with Crippen LogP contribution in [0.5, 0.6) is 0 Å². The van der Waals surface area contributed by atoms with Crippen molar-refractivity contribution in [1.82, 2.24) is 10.6 Å². The first-order chi connectivity index (χ1) is 10.3. The van der Waals surface area contributed by atoms with Crippen molar-refractivity contribution in [2.75, 3.05) is 25.1 Å². The van der Waals surface area contributed by atoms with Crippen molar-refractivity contribution in [3.63, 3.8) is 0 Å². The van der Waals surface area contributed by atoms with Gasteiger partial charge in [-0.2, -0.15) is 0 Å². The van der Waals surface area contributed by atoms with Crippen LogP contribution in [-0.4, -0.2) is 38.4 Å². The van der Waals surface area contributed by atoms with E-state index in [1.807, 2.05) is 0 Å². The second-order valence-corrected chi connectivity index (χ2v) is 5.85. The number of hydrogen-bond acceptors (Lipinski definition) is 4. The Morgan fingerprint density at radius 1 is 1.29 bits per heavy atom. The highest BCUT2D eigenvalue weighted by Crippen LogP contribution is 2.26. The average Bonchev–Trinajstić information content (AvgIpc) is 3.23. The minimum Gasteiger partial charge on any atom is -0.453 e. The molecule has 1 aliphatic carbocycles. The zero-order valence-electron chi connectivity index (χ0n) is 12.5. The minimum atomic E-state index is -0.342. The van der Waals surface area contributed by atoms with Gasteiger partial charge in [0, 0.05) is 31.4 Å². The zero-order valence-corrected chi connectivity index (χ0v) is 12.5. The molecule has 1 aromatic rings. The van der Waals surface area contributed by atoms with Gasteiger partial charge in [0.1, 0.15) is 0 Å². The molecule has 1 saturated heterocycles. The van der Waals surface area contributed by atoms with Gasteiger partial charge in [-0.1, -0.05) is 18.2 Å². The number of anilines is 1. The van der Waals surface area contributed by atoms with E-state index in [0.717, 1.165) is 26.1 Å². The molecule has 5 nitrogen and oxygen atoms in total. The molecule has 114 valence electrons. The first-order valence-electron chi connectivity index (χ1n) is 7.67. The lowest BCUT2D eigenvalue weighted by Gasteiger charge is -2.22. The fourth-order valence-electron chi connectivity index (χ4n) is 2.83. The van der Waals surface area contributed by atoms with E-state index in [2.05, 4.69) is 44.5 Å². The van der Waals surface area contributed by atoms with Gasteiger partial charge in [0.05, 0.1) is 13.2 Å². The number of methoxy groups -OCH3 is 1. The molecule has 2 fully saturated rings. The van der Waals surface area contributed by atoms with Gasteiger partial charge in [-0.05, 0) is 30.9 Å². The predicted molar refractivity (Wildman–Crippen MR) is 82.5 cm³/mol. The van der Waals surface area contributed by atoms with Gasteiger partial charge in [-0.3, -0.25) is 0 Å². The molecule has 5 heteroatoms. The second kappa shape index (κ2) is 6.35. The van der Waals surface area contributed by atoms with Crippen LogP contribution in [0.15, 0.2) is 24.3 Å². The maximum absolute atomic E-state index is 11.3. The van der Waals surface area contributed by atoms with E-state index in [-0.39, 0.29) is 12.1 Å². The minimum absolute atomic E-state index is 0.168. The number of benzene rings is 1. The van der Waals surface area contributed by atoms with Gasteiger partial charge in [-0.15, -0.1) is 0 Å². The molecule has 2 N–H and O–H groups in total. The molecule has 1 heterocycles. The van der Waals surface area contributed by atoms with Crippen LogP contribution in [0.25, 0.3) is 0 Å². The third-order valence-electron chi connectivity index (χ3n) is 4.19. The maximum Gasteiger partial charge on any atom is 0.407 e. The van der Waals surface area contributed by atoms with Crippen molar-refractivity contribution in [1.29, 1.82) is 0 Å².